The van der Waals surface area contributed by atoms with Gasteiger partial charge in [0.25, 0.3) is 0 Å². The Morgan fingerprint density at radius 1 is 1.31 bits per heavy atom. The van der Waals surface area contributed by atoms with Gasteiger partial charge >= 0.3 is 0 Å². The van der Waals surface area contributed by atoms with Gasteiger partial charge in [-0.2, -0.15) is 15.5 Å². The Bertz CT molecular complexity index is 781. The zero-order valence-corrected chi connectivity index (χ0v) is 17.6. The summed E-state index contributed by atoms with van der Waals surface area (Å²) in [5.74, 6) is 0.742. The van der Waals surface area contributed by atoms with Gasteiger partial charge < -0.3 is 4.74 Å². The lowest BCUT2D eigenvalue weighted by atomic mass is 10.1. The topological polar surface area (TPSA) is 85.7 Å². The molecule has 8 heteroatoms. The number of rotatable bonds is 7. The molecule has 0 bridgehead atoms. The first-order valence-corrected chi connectivity index (χ1v) is 11.5. The van der Waals surface area contributed by atoms with Crippen molar-refractivity contribution in [3.63, 3.8) is 0 Å². The lowest BCUT2D eigenvalue weighted by Crippen LogP contribution is -2.12. The van der Waals surface area contributed by atoms with E-state index in [1.165, 1.54) is 10.7 Å². The summed E-state index contributed by atoms with van der Waals surface area (Å²) < 4.78 is 8.62. The van der Waals surface area contributed by atoms with Gasteiger partial charge in [-0.25, -0.2) is 14.7 Å². The van der Waals surface area contributed by atoms with E-state index in [-0.39, 0.29) is 18.2 Å². The van der Waals surface area contributed by atoms with Crippen LogP contribution in [-0.4, -0.2) is 56.5 Å². The first kappa shape index (κ1) is 21.9. The zero-order valence-electron chi connectivity index (χ0n) is 16.7. The highest BCUT2D eigenvalue weighted by molar-refractivity contribution is 8.32. The van der Waals surface area contributed by atoms with Gasteiger partial charge in [0.05, 0.1) is 17.9 Å². The van der Waals surface area contributed by atoms with Crippen LogP contribution < -0.4 is 0 Å². The molecule has 0 amide bonds. The molecular formula is C18H29N5O2S. The predicted octanol–water partition coefficient (Wildman–Crippen LogP) is 2.72. The molecule has 0 aliphatic heterocycles. The number of aryl methyl sites for hydroxylation is 2. The minimum Gasteiger partial charge on any atom is -0.358 e. The summed E-state index contributed by atoms with van der Waals surface area (Å²) in [4.78, 5) is 12.5. The van der Waals surface area contributed by atoms with E-state index >= 15 is 0 Å². The molecule has 2 rings (SSSR count). The van der Waals surface area contributed by atoms with Crippen LogP contribution in [0.25, 0.3) is 0 Å². The van der Waals surface area contributed by atoms with Crippen molar-refractivity contribution < 1.29 is 9.53 Å². The molecule has 0 saturated carbocycles. The fraction of sp³-hybridized carbons (Fsp3) is 0.556. The fourth-order valence-electron chi connectivity index (χ4n) is 2.14. The maximum absolute atomic E-state index is 12.5. The van der Waals surface area contributed by atoms with Crippen LogP contribution in [0.15, 0.2) is 12.3 Å². The number of hydrogen-bond acceptors (Lipinski definition) is 5. The van der Waals surface area contributed by atoms with Crippen LogP contribution in [0.4, 0.5) is 0 Å². The Morgan fingerprint density at radius 3 is 2.46 bits per heavy atom. The molecule has 0 aliphatic carbocycles. The van der Waals surface area contributed by atoms with E-state index in [0.717, 1.165) is 5.75 Å². The third kappa shape index (κ3) is 6.00. The Kier molecular flexibility index (Phi) is 8.06. The Balaban J connectivity index is 0.00000163. The van der Waals surface area contributed by atoms with Crippen LogP contribution in [0.3, 0.4) is 0 Å². The number of carbonyl (C=O) groups is 1. The average Bonchev–Trinajstić information content (AvgIpc) is 3.14. The zero-order chi connectivity index (χ0) is 19.9. The highest BCUT2D eigenvalue weighted by atomic mass is 32.3. The molecule has 7 nitrogen and oxygen atoms in total. The minimum atomic E-state index is -0.624. The van der Waals surface area contributed by atoms with Gasteiger partial charge in [-0.15, -0.1) is 0 Å². The van der Waals surface area contributed by atoms with E-state index in [1.807, 2.05) is 13.8 Å². The fourth-order valence-corrected chi connectivity index (χ4v) is 2.75. The third-order valence-electron chi connectivity index (χ3n) is 3.44. The largest absolute Gasteiger partial charge is 0.358 e. The number of nitrogens with zero attached hydrogens (tertiary/aromatic N) is 5. The maximum atomic E-state index is 12.5. The number of nitriles is 1. The van der Waals surface area contributed by atoms with Gasteiger partial charge in [0.15, 0.2) is 0 Å². The highest BCUT2D eigenvalue weighted by Gasteiger charge is 2.19. The molecule has 2 aromatic heterocycles. The highest BCUT2D eigenvalue weighted by Crippen LogP contribution is 2.33. The number of carbonyl (C=O) groups excluding carboxylic acids is 1. The second-order valence-corrected chi connectivity index (χ2v) is 11.1. The first-order chi connectivity index (χ1) is 12.2. The summed E-state index contributed by atoms with van der Waals surface area (Å²) in [6, 6.07) is 3.55. The van der Waals surface area contributed by atoms with Gasteiger partial charge in [0.2, 0.25) is 5.78 Å². The second-order valence-electron chi connectivity index (χ2n) is 6.49. The Labute approximate surface area is 157 Å². The van der Waals surface area contributed by atoms with E-state index in [0.29, 0.717) is 23.6 Å². The molecule has 0 atom stereocenters. The summed E-state index contributed by atoms with van der Waals surface area (Å²) in [5.41, 5.74) is 1.67. The molecule has 0 N–H and O–H groups in total. The molecule has 0 spiro atoms. The van der Waals surface area contributed by atoms with Crippen molar-refractivity contribution in [2.24, 2.45) is 7.05 Å². The lowest BCUT2D eigenvalue weighted by molar-refractivity contribution is 0.0796. The summed E-state index contributed by atoms with van der Waals surface area (Å²) in [7, 11) is 1.13. The lowest BCUT2D eigenvalue weighted by Gasteiger charge is -2.24. The van der Waals surface area contributed by atoms with Crippen LogP contribution in [-0.2, 0) is 18.5 Å². The number of aromatic nitrogens is 4. The Morgan fingerprint density at radius 2 is 1.96 bits per heavy atom. The molecule has 0 saturated heterocycles. The van der Waals surface area contributed by atoms with Gasteiger partial charge in [0, 0.05) is 25.1 Å². The van der Waals surface area contributed by atoms with Crippen molar-refractivity contribution in [3.8, 4) is 6.07 Å². The van der Waals surface area contributed by atoms with Crippen molar-refractivity contribution in [1.29, 1.82) is 5.26 Å². The second kappa shape index (κ2) is 9.55. The van der Waals surface area contributed by atoms with E-state index < -0.39 is 10.0 Å². The quantitative estimate of drug-likeness (QED) is 0.545. The normalized spacial score (nSPS) is 11.5. The number of hydrogen-bond donors (Lipinski definition) is 0. The van der Waals surface area contributed by atoms with Crippen LogP contribution in [0, 0.1) is 18.3 Å². The van der Waals surface area contributed by atoms with Crippen LogP contribution in [0.1, 0.15) is 41.3 Å². The van der Waals surface area contributed by atoms with Crippen molar-refractivity contribution in [1.82, 2.24) is 19.6 Å². The molecule has 2 heterocycles. The molecule has 144 valence electrons. The smallest absolute Gasteiger partial charge is 0.216 e. The summed E-state index contributed by atoms with van der Waals surface area (Å²) in [6.45, 7) is 6.54. The first-order valence-electron chi connectivity index (χ1n) is 8.48. The van der Waals surface area contributed by atoms with E-state index in [1.54, 1.807) is 24.9 Å². The van der Waals surface area contributed by atoms with Crippen LogP contribution >= 0.6 is 10.0 Å². The maximum Gasteiger partial charge on any atom is 0.216 e. The summed E-state index contributed by atoms with van der Waals surface area (Å²) >= 11 is 0. The van der Waals surface area contributed by atoms with E-state index in [4.69, 9.17) is 4.74 Å². The van der Waals surface area contributed by atoms with Gasteiger partial charge in [0.1, 0.15) is 24.2 Å². The molecule has 0 fully saturated rings. The summed E-state index contributed by atoms with van der Waals surface area (Å²) in [5, 5.41) is 17.6. The molecular weight excluding hydrogens is 350 g/mol. The monoisotopic (exact) mass is 379 g/mol. The van der Waals surface area contributed by atoms with Crippen molar-refractivity contribution in [3.05, 3.63) is 34.9 Å². The SMILES string of the molecule is CC.Cc1nn(C)cc1C(=O)c1cc(C#N)n(COCCS(C)(C)C)n1. The van der Waals surface area contributed by atoms with Gasteiger partial charge in [-0.05, 0) is 25.7 Å². The Hall–Kier alpha value is -2.11. The van der Waals surface area contributed by atoms with E-state index in [9.17, 15) is 10.1 Å². The van der Waals surface area contributed by atoms with Gasteiger partial charge in [-0.1, -0.05) is 13.8 Å². The predicted molar refractivity (Wildman–Crippen MR) is 106 cm³/mol. The molecule has 0 radical (unpaired) electrons. The molecule has 2 aromatic rings. The third-order valence-corrected chi connectivity index (χ3v) is 4.83. The van der Waals surface area contributed by atoms with Crippen molar-refractivity contribution >= 4 is 15.8 Å². The van der Waals surface area contributed by atoms with E-state index in [2.05, 4.69) is 35.0 Å². The molecule has 0 aliphatic rings. The molecule has 0 unspecified atom stereocenters. The van der Waals surface area contributed by atoms with Crippen molar-refractivity contribution in [2.75, 3.05) is 31.1 Å². The molecule has 26 heavy (non-hydrogen) atoms. The van der Waals surface area contributed by atoms with Crippen LogP contribution in [0.5, 0.6) is 0 Å². The number of ether oxygens (including phenoxy) is 1. The van der Waals surface area contributed by atoms with Crippen LogP contribution in [0.2, 0.25) is 0 Å². The standard InChI is InChI=1S/C16H23N5O2S.C2H6/c1-12-14(10-20(2)18-12)16(22)15-8-13(9-17)21(19-15)11-23-6-7-24(3,4)5;1-2/h8,10H,6-7,11H2,1-5H3;1-2H3. The minimum absolute atomic E-state index is 0.164. The average molecular weight is 380 g/mol. The van der Waals surface area contributed by atoms with Gasteiger partial charge in [-0.3, -0.25) is 9.48 Å². The summed E-state index contributed by atoms with van der Waals surface area (Å²) in [6.07, 6.45) is 8.32. The number of ketones is 1. The molecule has 0 aromatic carbocycles. The van der Waals surface area contributed by atoms with Crippen molar-refractivity contribution in [2.45, 2.75) is 27.5 Å².